The summed E-state index contributed by atoms with van der Waals surface area (Å²) in [6.45, 7) is 3.08. The number of ketones is 1. The Kier molecular flexibility index (Phi) is 7.13. The van der Waals surface area contributed by atoms with Crippen molar-refractivity contribution in [3.63, 3.8) is 0 Å². The molecule has 1 aliphatic rings. The fraction of sp³-hybridized carbons (Fsp3) is 0.304. The second-order valence-corrected chi connectivity index (χ2v) is 7.23. The number of amides is 1. The number of Topliss-reactive ketones (excluding diaryl/α,β-unsaturated/α-hetero) is 1. The van der Waals surface area contributed by atoms with Crippen LogP contribution in [-0.4, -0.2) is 48.6 Å². The third-order valence-corrected chi connectivity index (χ3v) is 5.20. The molecular formula is C23H24ClNO5. The molecule has 0 aliphatic carbocycles. The molecule has 0 radical (unpaired) electrons. The van der Waals surface area contributed by atoms with Gasteiger partial charge in [0.25, 0.3) is 11.7 Å². The van der Waals surface area contributed by atoms with E-state index in [4.69, 9.17) is 21.1 Å². The maximum absolute atomic E-state index is 12.9. The quantitative estimate of drug-likeness (QED) is 0.294. The highest BCUT2D eigenvalue weighted by molar-refractivity contribution is 6.46. The summed E-state index contributed by atoms with van der Waals surface area (Å²) in [6.07, 6.45) is 0.571. The first-order valence-electron chi connectivity index (χ1n) is 9.74. The van der Waals surface area contributed by atoms with Crippen LogP contribution in [0.4, 0.5) is 0 Å². The summed E-state index contributed by atoms with van der Waals surface area (Å²) < 4.78 is 10.5. The number of nitrogens with zero attached hydrogens (tertiary/aromatic N) is 1. The smallest absolute Gasteiger partial charge is 0.295 e. The predicted molar refractivity (Wildman–Crippen MR) is 115 cm³/mol. The van der Waals surface area contributed by atoms with E-state index in [1.165, 1.54) is 11.0 Å². The summed E-state index contributed by atoms with van der Waals surface area (Å²) in [5, 5.41) is 11.3. The molecule has 1 saturated heterocycles. The molecular weight excluding hydrogens is 406 g/mol. The lowest BCUT2D eigenvalue weighted by molar-refractivity contribution is -0.140. The summed E-state index contributed by atoms with van der Waals surface area (Å²) in [5.41, 5.74) is 1.14. The minimum atomic E-state index is -0.719. The number of aliphatic hydroxyl groups excluding tert-OH is 1. The number of hydrogen-bond donors (Lipinski definition) is 1. The number of halogens is 1. The molecule has 0 bridgehead atoms. The Morgan fingerprint density at radius 3 is 2.53 bits per heavy atom. The van der Waals surface area contributed by atoms with Crippen molar-refractivity contribution in [3.05, 3.63) is 70.3 Å². The predicted octanol–water partition coefficient (Wildman–Crippen LogP) is 4.20. The molecule has 1 fully saturated rings. The van der Waals surface area contributed by atoms with Gasteiger partial charge >= 0.3 is 0 Å². The van der Waals surface area contributed by atoms with Gasteiger partial charge < -0.3 is 19.5 Å². The van der Waals surface area contributed by atoms with Crippen molar-refractivity contribution in [2.45, 2.75) is 19.4 Å². The zero-order chi connectivity index (χ0) is 21.7. The first-order valence-corrected chi connectivity index (χ1v) is 10.1. The molecule has 30 heavy (non-hydrogen) atoms. The standard InChI is InChI=1S/C23H24ClNO5/c1-3-30-18-11-10-16(14-17(18)24)21(26)19-20(15-8-5-4-6-9-15)25(12-7-13-29-2)23(28)22(19)27/h4-6,8-11,14,20,26H,3,7,12-13H2,1-2H3/t20-/m1/s1. The Bertz CT molecular complexity index is 957. The average molecular weight is 430 g/mol. The van der Waals surface area contributed by atoms with Crippen molar-refractivity contribution < 1.29 is 24.2 Å². The Morgan fingerprint density at radius 2 is 1.90 bits per heavy atom. The number of aliphatic hydroxyl groups is 1. The first kappa shape index (κ1) is 21.9. The fourth-order valence-corrected chi connectivity index (χ4v) is 3.78. The highest BCUT2D eigenvalue weighted by Gasteiger charge is 2.45. The zero-order valence-corrected chi connectivity index (χ0v) is 17.7. The van der Waals surface area contributed by atoms with Gasteiger partial charge in [0.2, 0.25) is 0 Å². The number of likely N-dealkylation sites (tertiary alicyclic amines) is 1. The van der Waals surface area contributed by atoms with Crippen molar-refractivity contribution in [1.82, 2.24) is 4.90 Å². The molecule has 0 unspecified atom stereocenters. The van der Waals surface area contributed by atoms with Crippen molar-refractivity contribution in [2.24, 2.45) is 0 Å². The summed E-state index contributed by atoms with van der Waals surface area (Å²) in [4.78, 5) is 27.2. The van der Waals surface area contributed by atoms with Crippen LogP contribution in [0, 0.1) is 0 Å². The lowest BCUT2D eigenvalue weighted by Crippen LogP contribution is -2.31. The summed E-state index contributed by atoms with van der Waals surface area (Å²) >= 11 is 6.26. The second-order valence-electron chi connectivity index (χ2n) is 6.83. The normalized spacial score (nSPS) is 18.1. The zero-order valence-electron chi connectivity index (χ0n) is 16.9. The van der Waals surface area contributed by atoms with E-state index in [9.17, 15) is 14.7 Å². The van der Waals surface area contributed by atoms with E-state index in [-0.39, 0.29) is 11.3 Å². The van der Waals surface area contributed by atoms with Gasteiger partial charge in [0.05, 0.1) is 23.2 Å². The topological polar surface area (TPSA) is 76.1 Å². The fourth-order valence-electron chi connectivity index (χ4n) is 3.55. The molecule has 0 aromatic heterocycles. The molecule has 1 aliphatic heterocycles. The van der Waals surface area contributed by atoms with E-state index in [0.717, 1.165) is 5.56 Å². The number of ether oxygens (including phenoxy) is 2. The molecule has 1 N–H and O–H groups in total. The number of benzene rings is 2. The van der Waals surface area contributed by atoms with Gasteiger partial charge in [0.15, 0.2) is 0 Å². The maximum Gasteiger partial charge on any atom is 0.295 e. The van der Waals surface area contributed by atoms with Gasteiger partial charge in [-0.15, -0.1) is 0 Å². The summed E-state index contributed by atoms with van der Waals surface area (Å²) in [5.74, 6) is -1.14. The van der Waals surface area contributed by atoms with Gasteiger partial charge in [-0.3, -0.25) is 9.59 Å². The largest absolute Gasteiger partial charge is 0.507 e. The molecule has 2 aromatic rings. The number of methoxy groups -OCH3 is 1. The Hall–Kier alpha value is -2.83. The Labute approximate surface area is 180 Å². The van der Waals surface area contributed by atoms with Gasteiger partial charge in [0, 0.05) is 25.8 Å². The lowest BCUT2D eigenvalue weighted by atomic mass is 9.95. The van der Waals surface area contributed by atoms with Crippen molar-refractivity contribution in [2.75, 3.05) is 26.9 Å². The Balaban J connectivity index is 2.08. The number of carbonyl (C=O) groups is 2. The van der Waals surface area contributed by atoms with Crippen LogP contribution >= 0.6 is 11.6 Å². The molecule has 7 heteroatoms. The van der Waals surface area contributed by atoms with Crippen LogP contribution in [0.3, 0.4) is 0 Å². The molecule has 158 valence electrons. The van der Waals surface area contributed by atoms with Gasteiger partial charge in [-0.05, 0) is 37.1 Å². The summed E-state index contributed by atoms with van der Waals surface area (Å²) in [7, 11) is 1.58. The third kappa shape index (κ3) is 4.35. The second kappa shape index (κ2) is 9.78. The molecule has 0 saturated carbocycles. The highest BCUT2D eigenvalue weighted by atomic mass is 35.5. The van der Waals surface area contributed by atoms with E-state index in [1.807, 2.05) is 37.3 Å². The number of hydrogen-bond acceptors (Lipinski definition) is 5. The molecule has 1 heterocycles. The summed E-state index contributed by atoms with van der Waals surface area (Å²) in [6, 6.07) is 13.3. The number of carbonyl (C=O) groups excluding carboxylic acids is 2. The van der Waals surface area contributed by atoms with E-state index < -0.39 is 17.7 Å². The minimum Gasteiger partial charge on any atom is -0.507 e. The van der Waals surface area contributed by atoms with Crippen LogP contribution < -0.4 is 4.74 Å². The van der Waals surface area contributed by atoms with Crippen LogP contribution in [0.15, 0.2) is 54.1 Å². The van der Waals surface area contributed by atoms with Crippen LogP contribution in [0.25, 0.3) is 5.76 Å². The number of rotatable bonds is 8. The first-order chi connectivity index (χ1) is 14.5. The minimum absolute atomic E-state index is 0.0452. The Morgan fingerprint density at radius 1 is 1.17 bits per heavy atom. The van der Waals surface area contributed by atoms with Crippen molar-refractivity contribution >= 4 is 29.1 Å². The molecule has 3 rings (SSSR count). The van der Waals surface area contributed by atoms with Crippen LogP contribution in [0.2, 0.25) is 5.02 Å². The van der Waals surface area contributed by atoms with Crippen LogP contribution in [0.5, 0.6) is 5.75 Å². The van der Waals surface area contributed by atoms with Gasteiger partial charge in [0.1, 0.15) is 11.5 Å². The monoisotopic (exact) mass is 429 g/mol. The van der Waals surface area contributed by atoms with Crippen LogP contribution in [0.1, 0.15) is 30.5 Å². The van der Waals surface area contributed by atoms with E-state index >= 15 is 0 Å². The SMILES string of the molecule is CCOc1ccc(C(O)=C2C(=O)C(=O)N(CCCOC)[C@@H]2c2ccccc2)cc1Cl. The van der Waals surface area contributed by atoms with Crippen LogP contribution in [-0.2, 0) is 14.3 Å². The molecule has 2 aromatic carbocycles. The average Bonchev–Trinajstić information content (AvgIpc) is 3.00. The lowest BCUT2D eigenvalue weighted by Gasteiger charge is -2.25. The van der Waals surface area contributed by atoms with Gasteiger partial charge in [-0.25, -0.2) is 0 Å². The van der Waals surface area contributed by atoms with Crippen molar-refractivity contribution in [3.8, 4) is 5.75 Å². The molecule has 1 amide bonds. The molecule has 1 atom stereocenters. The highest BCUT2D eigenvalue weighted by Crippen LogP contribution is 2.40. The van der Waals surface area contributed by atoms with Gasteiger partial charge in [-0.1, -0.05) is 41.9 Å². The van der Waals surface area contributed by atoms with E-state index in [1.54, 1.807) is 19.2 Å². The van der Waals surface area contributed by atoms with E-state index in [0.29, 0.717) is 42.5 Å². The third-order valence-electron chi connectivity index (χ3n) is 4.91. The molecule has 0 spiro atoms. The molecule has 6 nitrogen and oxygen atoms in total. The van der Waals surface area contributed by atoms with Crippen molar-refractivity contribution in [1.29, 1.82) is 0 Å². The van der Waals surface area contributed by atoms with Gasteiger partial charge in [-0.2, -0.15) is 0 Å². The van der Waals surface area contributed by atoms with E-state index in [2.05, 4.69) is 0 Å². The maximum atomic E-state index is 12.9.